The average molecular weight is 202 g/mol. The lowest BCUT2D eigenvalue weighted by molar-refractivity contribution is 0.830. The molecule has 0 amide bonds. The minimum absolute atomic E-state index is 0.395. The van der Waals surface area contributed by atoms with Crippen LogP contribution < -0.4 is 5.73 Å². The predicted molar refractivity (Wildman–Crippen MR) is 59.1 cm³/mol. The largest absolute Gasteiger partial charge is 0.316 e. The lowest BCUT2D eigenvalue weighted by Crippen LogP contribution is -2.19. The van der Waals surface area contributed by atoms with Gasteiger partial charge in [-0.3, -0.25) is 0 Å². The van der Waals surface area contributed by atoms with E-state index in [1.165, 1.54) is 15.6 Å². The summed E-state index contributed by atoms with van der Waals surface area (Å²) in [6, 6.07) is 9.85. The van der Waals surface area contributed by atoms with Gasteiger partial charge in [-0.15, -0.1) is 11.3 Å². The van der Waals surface area contributed by atoms with Crippen LogP contribution in [0.25, 0.3) is 10.1 Å². The maximum atomic E-state index is 8.63. The van der Waals surface area contributed by atoms with Crippen molar-refractivity contribution in [2.24, 2.45) is 5.73 Å². The molecule has 1 aromatic carbocycles. The molecule has 2 N–H and O–H groups in total. The van der Waals surface area contributed by atoms with Crippen molar-refractivity contribution in [1.29, 1.82) is 5.26 Å². The molecule has 0 bridgehead atoms. The predicted octanol–water partition coefficient (Wildman–Crippen LogP) is 2.29. The summed E-state index contributed by atoms with van der Waals surface area (Å²) in [6.07, 6.45) is 0.639. The third-order valence-corrected chi connectivity index (χ3v) is 3.18. The van der Waals surface area contributed by atoms with E-state index >= 15 is 0 Å². The number of hydrogen-bond donors (Lipinski definition) is 1. The van der Waals surface area contributed by atoms with Crippen molar-refractivity contribution in [1.82, 2.24) is 0 Å². The molecule has 0 aliphatic rings. The molecule has 0 saturated heterocycles. The normalized spacial score (nSPS) is 12.6. The Labute approximate surface area is 86.6 Å². The van der Waals surface area contributed by atoms with Crippen LogP contribution in [0, 0.1) is 11.3 Å². The number of nitrogens with two attached hydrogens (primary N) is 1. The zero-order valence-corrected chi connectivity index (χ0v) is 8.42. The summed E-state index contributed by atoms with van der Waals surface area (Å²) < 4.78 is 1.26. The van der Waals surface area contributed by atoms with Gasteiger partial charge < -0.3 is 5.73 Å². The van der Waals surface area contributed by atoms with Gasteiger partial charge in [0, 0.05) is 11.1 Å². The highest BCUT2D eigenvalue weighted by Gasteiger charge is 2.07. The molecule has 70 valence electrons. The van der Waals surface area contributed by atoms with Crippen LogP contribution in [0.4, 0.5) is 0 Å². The number of benzene rings is 1. The average Bonchev–Trinajstić information content (AvgIpc) is 2.62. The Morgan fingerprint density at radius 3 is 3.00 bits per heavy atom. The Kier molecular flexibility index (Phi) is 2.49. The van der Waals surface area contributed by atoms with Crippen LogP contribution in [0.3, 0.4) is 0 Å². The summed E-state index contributed by atoms with van der Waals surface area (Å²) in [6.45, 7) is 0. The van der Waals surface area contributed by atoms with Crippen molar-refractivity contribution in [2.75, 3.05) is 0 Å². The van der Waals surface area contributed by atoms with Crippen molar-refractivity contribution in [3.8, 4) is 6.07 Å². The van der Waals surface area contributed by atoms with Gasteiger partial charge in [-0.25, -0.2) is 0 Å². The SMILES string of the molecule is N#CC(N)Cc1csc2ccccc12. The molecular formula is C11H10N2S. The van der Waals surface area contributed by atoms with Crippen LogP contribution in [0.1, 0.15) is 5.56 Å². The molecule has 1 atom stereocenters. The van der Waals surface area contributed by atoms with Crippen LogP contribution in [0.2, 0.25) is 0 Å². The first-order chi connectivity index (χ1) is 6.81. The molecule has 0 aliphatic carbocycles. The minimum Gasteiger partial charge on any atom is -0.316 e. The van der Waals surface area contributed by atoms with Crippen molar-refractivity contribution < 1.29 is 0 Å². The molecule has 2 rings (SSSR count). The van der Waals surface area contributed by atoms with Gasteiger partial charge in [0.05, 0.1) is 12.1 Å². The second-order valence-electron chi connectivity index (χ2n) is 3.20. The molecule has 1 aromatic heterocycles. The lowest BCUT2D eigenvalue weighted by Gasteiger charge is -2.00. The first-order valence-corrected chi connectivity index (χ1v) is 5.29. The minimum atomic E-state index is -0.395. The first kappa shape index (κ1) is 9.20. The van der Waals surface area contributed by atoms with Crippen molar-refractivity contribution in [3.63, 3.8) is 0 Å². The molecule has 0 spiro atoms. The quantitative estimate of drug-likeness (QED) is 0.812. The summed E-state index contributed by atoms with van der Waals surface area (Å²) in [7, 11) is 0. The van der Waals surface area contributed by atoms with E-state index in [0.29, 0.717) is 6.42 Å². The van der Waals surface area contributed by atoms with Gasteiger partial charge in [-0.05, 0) is 22.4 Å². The van der Waals surface area contributed by atoms with E-state index < -0.39 is 6.04 Å². The zero-order chi connectivity index (χ0) is 9.97. The molecule has 14 heavy (non-hydrogen) atoms. The number of fused-ring (bicyclic) bond motifs is 1. The summed E-state index contributed by atoms with van der Waals surface area (Å²) in [5.41, 5.74) is 6.78. The van der Waals surface area contributed by atoms with E-state index in [9.17, 15) is 0 Å². The fourth-order valence-corrected chi connectivity index (χ4v) is 2.45. The Hall–Kier alpha value is -1.37. The number of nitriles is 1. The Morgan fingerprint density at radius 1 is 1.43 bits per heavy atom. The van der Waals surface area contributed by atoms with E-state index in [1.54, 1.807) is 11.3 Å². The van der Waals surface area contributed by atoms with Gasteiger partial charge in [0.2, 0.25) is 0 Å². The number of nitrogens with zero attached hydrogens (tertiary/aromatic N) is 1. The topological polar surface area (TPSA) is 49.8 Å². The molecule has 1 unspecified atom stereocenters. The van der Waals surface area contributed by atoms with Crippen LogP contribution in [0.15, 0.2) is 29.6 Å². The van der Waals surface area contributed by atoms with E-state index in [4.69, 9.17) is 11.0 Å². The van der Waals surface area contributed by atoms with Crippen molar-refractivity contribution in [2.45, 2.75) is 12.5 Å². The van der Waals surface area contributed by atoms with Crippen LogP contribution >= 0.6 is 11.3 Å². The fourth-order valence-electron chi connectivity index (χ4n) is 1.47. The molecule has 3 heteroatoms. The molecule has 0 radical (unpaired) electrons. The second-order valence-corrected chi connectivity index (χ2v) is 4.11. The lowest BCUT2D eigenvalue weighted by atomic mass is 10.1. The van der Waals surface area contributed by atoms with Gasteiger partial charge in [-0.1, -0.05) is 18.2 Å². The third kappa shape index (κ3) is 1.63. The van der Waals surface area contributed by atoms with Crippen LogP contribution in [-0.2, 0) is 6.42 Å². The molecule has 0 saturated carbocycles. The van der Waals surface area contributed by atoms with Crippen LogP contribution in [0.5, 0.6) is 0 Å². The summed E-state index contributed by atoms with van der Waals surface area (Å²) in [5.74, 6) is 0. The number of thiophene rings is 1. The summed E-state index contributed by atoms with van der Waals surface area (Å²) >= 11 is 1.70. The highest BCUT2D eigenvalue weighted by molar-refractivity contribution is 7.17. The molecule has 0 fully saturated rings. The van der Waals surface area contributed by atoms with E-state index in [-0.39, 0.29) is 0 Å². The Bertz CT molecular complexity index is 481. The maximum absolute atomic E-state index is 8.63. The fraction of sp³-hybridized carbons (Fsp3) is 0.182. The Morgan fingerprint density at radius 2 is 2.21 bits per heavy atom. The van der Waals surface area contributed by atoms with Gasteiger partial charge in [-0.2, -0.15) is 5.26 Å². The smallest absolute Gasteiger partial charge is 0.0969 e. The standard InChI is InChI=1S/C11H10N2S/c12-6-9(13)5-8-7-14-11-4-2-1-3-10(8)11/h1-4,7,9H,5,13H2. The number of rotatable bonds is 2. The molecule has 2 nitrogen and oxygen atoms in total. The highest BCUT2D eigenvalue weighted by atomic mass is 32.1. The van der Waals surface area contributed by atoms with E-state index in [0.717, 1.165) is 0 Å². The van der Waals surface area contributed by atoms with Gasteiger partial charge in [0.1, 0.15) is 0 Å². The zero-order valence-electron chi connectivity index (χ0n) is 7.60. The van der Waals surface area contributed by atoms with Crippen molar-refractivity contribution >= 4 is 21.4 Å². The monoisotopic (exact) mass is 202 g/mol. The number of hydrogen-bond acceptors (Lipinski definition) is 3. The van der Waals surface area contributed by atoms with Gasteiger partial charge in [0.15, 0.2) is 0 Å². The summed E-state index contributed by atoms with van der Waals surface area (Å²) in [4.78, 5) is 0. The van der Waals surface area contributed by atoms with E-state index in [1.807, 2.05) is 12.1 Å². The van der Waals surface area contributed by atoms with Gasteiger partial charge >= 0.3 is 0 Å². The van der Waals surface area contributed by atoms with Crippen molar-refractivity contribution in [3.05, 3.63) is 35.2 Å². The third-order valence-electron chi connectivity index (χ3n) is 2.17. The molecular weight excluding hydrogens is 192 g/mol. The van der Waals surface area contributed by atoms with Gasteiger partial charge in [0.25, 0.3) is 0 Å². The van der Waals surface area contributed by atoms with Crippen LogP contribution in [-0.4, -0.2) is 6.04 Å². The second kappa shape index (κ2) is 3.79. The molecule has 1 heterocycles. The molecule has 0 aliphatic heterocycles. The first-order valence-electron chi connectivity index (χ1n) is 4.41. The Balaban J connectivity index is 2.39. The van der Waals surface area contributed by atoms with E-state index in [2.05, 4.69) is 23.6 Å². The summed E-state index contributed by atoms with van der Waals surface area (Å²) in [5, 5.41) is 11.9. The molecule has 2 aromatic rings. The highest BCUT2D eigenvalue weighted by Crippen LogP contribution is 2.26. The maximum Gasteiger partial charge on any atom is 0.0969 e.